The van der Waals surface area contributed by atoms with Gasteiger partial charge in [0, 0.05) is 13.1 Å². The Hall–Kier alpha value is -3.23. The highest BCUT2D eigenvalue weighted by atomic mass is 15.4. The van der Waals surface area contributed by atoms with E-state index >= 15 is 0 Å². The molecule has 9 heteroatoms. The van der Waals surface area contributed by atoms with Crippen LogP contribution in [-0.2, 0) is 13.0 Å². The molecule has 0 aliphatic heterocycles. The largest absolute Gasteiger partial charge is 0.370 e. The van der Waals surface area contributed by atoms with E-state index in [1.165, 1.54) is 0 Å². The number of aryl methyl sites for hydroxylation is 1. The number of rotatable bonds is 7. The maximum Gasteiger partial charge on any atom is 0.225 e. The third-order valence-electron chi connectivity index (χ3n) is 3.42. The van der Waals surface area contributed by atoms with Crippen LogP contribution < -0.4 is 16.8 Å². The van der Waals surface area contributed by atoms with E-state index in [0.29, 0.717) is 36.6 Å². The molecule has 6 N–H and O–H groups in total. The van der Waals surface area contributed by atoms with Gasteiger partial charge in [0.2, 0.25) is 11.6 Å². The number of nitrogens with two attached hydrogens (primary N) is 2. The molecule has 0 aliphatic rings. The number of aliphatic imine (C=N–C) groups is 1. The van der Waals surface area contributed by atoms with Gasteiger partial charge in [-0.05, 0) is 18.4 Å². The molecular weight excluding hydrogens is 306 g/mol. The lowest BCUT2D eigenvalue weighted by Gasteiger charge is -2.07. The monoisotopic (exact) mass is 325 g/mol. The summed E-state index contributed by atoms with van der Waals surface area (Å²) in [6.45, 7) is 1.18. The summed E-state index contributed by atoms with van der Waals surface area (Å²) >= 11 is 0. The highest BCUT2D eigenvalue weighted by Gasteiger charge is 2.11. The summed E-state index contributed by atoms with van der Waals surface area (Å²) in [5, 5.41) is 14.0. The fraction of sp³-hybridized carbons (Fsp3) is 0.267. The maximum atomic E-state index is 5.33. The van der Waals surface area contributed by atoms with Crippen LogP contribution in [0.5, 0.6) is 0 Å². The zero-order chi connectivity index (χ0) is 16.8. The molecule has 1 aromatic carbocycles. The van der Waals surface area contributed by atoms with Crippen molar-refractivity contribution in [2.45, 2.75) is 19.4 Å². The molecule has 0 atom stereocenters. The molecule has 3 aromatic rings. The molecule has 3 rings (SSSR count). The van der Waals surface area contributed by atoms with E-state index in [-0.39, 0.29) is 5.96 Å². The van der Waals surface area contributed by atoms with Crippen molar-refractivity contribution < 1.29 is 0 Å². The molecule has 2 aromatic heterocycles. The van der Waals surface area contributed by atoms with Gasteiger partial charge in [-0.3, -0.25) is 4.99 Å². The van der Waals surface area contributed by atoms with Crippen LogP contribution in [0, 0.1) is 0 Å². The summed E-state index contributed by atoms with van der Waals surface area (Å²) in [6, 6.07) is 10.0. The summed E-state index contributed by atoms with van der Waals surface area (Å²) in [4.78, 5) is 12.9. The summed E-state index contributed by atoms with van der Waals surface area (Å²) in [5.41, 5.74) is 13.8. The van der Waals surface area contributed by atoms with Crippen LogP contribution in [0.4, 0.5) is 5.95 Å². The first-order valence-corrected chi connectivity index (χ1v) is 7.63. The minimum Gasteiger partial charge on any atom is -0.370 e. The van der Waals surface area contributed by atoms with Gasteiger partial charge in [-0.2, -0.15) is 15.3 Å². The van der Waals surface area contributed by atoms with Gasteiger partial charge >= 0.3 is 0 Å². The van der Waals surface area contributed by atoms with E-state index in [2.05, 4.69) is 35.7 Å². The number of aromatic nitrogens is 5. The molecule has 0 unspecified atom stereocenters. The van der Waals surface area contributed by atoms with Crippen LogP contribution in [-0.4, -0.2) is 37.9 Å². The number of aromatic amines is 1. The molecule has 0 amide bonds. The van der Waals surface area contributed by atoms with E-state index in [1.807, 2.05) is 30.3 Å². The average molecular weight is 325 g/mol. The van der Waals surface area contributed by atoms with E-state index in [0.717, 1.165) is 17.7 Å². The maximum absolute atomic E-state index is 5.33. The lowest BCUT2D eigenvalue weighted by Crippen LogP contribution is -2.23. The number of nitrogens with zero attached hydrogens (tertiary/aromatic N) is 5. The molecule has 9 nitrogen and oxygen atoms in total. The number of benzene rings is 1. The van der Waals surface area contributed by atoms with Crippen molar-refractivity contribution in [3.05, 3.63) is 41.6 Å². The highest BCUT2D eigenvalue weighted by molar-refractivity contribution is 5.75. The van der Waals surface area contributed by atoms with Gasteiger partial charge < -0.3 is 16.8 Å². The van der Waals surface area contributed by atoms with Gasteiger partial charge in [-0.25, -0.2) is 4.98 Å². The van der Waals surface area contributed by atoms with Crippen LogP contribution in [0.1, 0.15) is 17.7 Å². The molecule has 124 valence electrons. The average Bonchev–Trinajstić information content (AvgIpc) is 3.06. The number of nitrogens with one attached hydrogen (secondary N) is 2. The Bertz CT molecular complexity index is 821. The van der Waals surface area contributed by atoms with Crippen LogP contribution in [0.25, 0.3) is 11.2 Å². The second kappa shape index (κ2) is 7.36. The Balaban J connectivity index is 1.73. The summed E-state index contributed by atoms with van der Waals surface area (Å²) in [6.07, 6.45) is 1.44. The Morgan fingerprint density at radius 2 is 1.96 bits per heavy atom. The van der Waals surface area contributed by atoms with Crippen LogP contribution in [0.2, 0.25) is 0 Å². The third kappa shape index (κ3) is 3.94. The minimum atomic E-state index is 0.0921. The number of hydrogen-bond acceptors (Lipinski definition) is 6. The zero-order valence-electron chi connectivity index (χ0n) is 13.1. The lowest BCUT2D eigenvalue weighted by molar-refractivity contribution is 0.810. The third-order valence-corrected chi connectivity index (χ3v) is 3.42. The standard InChI is InChI=1S/C15H19N9/c16-14(17)18-8-4-7-11-12-13(23-24-22-12)21-15(20-11)19-9-10-5-2-1-3-6-10/h1-3,5-6H,4,7-9H2,(H4,16,17,18)(H2,19,20,21,22,23,24). The van der Waals surface area contributed by atoms with Crippen molar-refractivity contribution in [2.75, 3.05) is 11.9 Å². The molecule has 0 saturated carbocycles. The normalized spacial score (nSPS) is 10.7. The van der Waals surface area contributed by atoms with E-state index in [9.17, 15) is 0 Å². The number of guanidine groups is 1. The van der Waals surface area contributed by atoms with Crippen molar-refractivity contribution in [1.29, 1.82) is 0 Å². The smallest absolute Gasteiger partial charge is 0.225 e. The fourth-order valence-corrected chi connectivity index (χ4v) is 2.29. The second-order valence-electron chi connectivity index (χ2n) is 5.24. The first kappa shape index (κ1) is 15.7. The summed E-state index contributed by atoms with van der Waals surface area (Å²) < 4.78 is 0. The Morgan fingerprint density at radius 1 is 1.12 bits per heavy atom. The van der Waals surface area contributed by atoms with Crippen LogP contribution in [0.15, 0.2) is 35.3 Å². The summed E-state index contributed by atoms with van der Waals surface area (Å²) in [5.74, 6) is 0.617. The fourth-order valence-electron chi connectivity index (χ4n) is 2.29. The van der Waals surface area contributed by atoms with Gasteiger partial charge in [0.05, 0.1) is 5.69 Å². The predicted molar refractivity (Wildman–Crippen MR) is 92.2 cm³/mol. The van der Waals surface area contributed by atoms with E-state index in [4.69, 9.17) is 11.5 Å². The molecule has 0 aliphatic carbocycles. The molecule has 0 saturated heterocycles. The number of anilines is 1. The van der Waals surface area contributed by atoms with Crippen molar-refractivity contribution in [3.63, 3.8) is 0 Å². The molecule has 24 heavy (non-hydrogen) atoms. The molecule has 0 fully saturated rings. The van der Waals surface area contributed by atoms with Crippen molar-refractivity contribution in [3.8, 4) is 0 Å². The minimum absolute atomic E-state index is 0.0921. The first-order valence-electron chi connectivity index (χ1n) is 7.63. The molecule has 0 spiro atoms. The number of hydrogen-bond donors (Lipinski definition) is 4. The van der Waals surface area contributed by atoms with Crippen LogP contribution in [0.3, 0.4) is 0 Å². The van der Waals surface area contributed by atoms with E-state index < -0.39 is 0 Å². The Labute approximate surface area is 138 Å². The molecule has 0 bridgehead atoms. The highest BCUT2D eigenvalue weighted by Crippen LogP contribution is 2.15. The quantitative estimate of drug-likeness (QED) is 0.282. The van der Waals surface area contributed by atoms with Gasteiger partial charge in [-0.1, -0.05) is 30.3 Å². The van der Waals surface area contributed by atoms with Gasteiger partial charge in [0.15, 0.2) is 11.5 Å². The molecular formula is C15H19N9. The topological polar surface area (TPSA) is 144 Å². The lowest BCUT2D eigenvalue weighted by atomic mass is 10.2. The van der Waals surface area contributed by atoms with Gasteiger partial charge in [-0.15, -0.1) is 5.10 Å². The summed E-state index contributed by atoms with van der Waals surface area (Å²) in [7, 11) is 0. The predicted octanol–water partition coefficient (Wildman–Crippen LogP) is 0.566. The van der Waals surface area contributed by atoms with E-state index in [1.54, 1.807) is 0 Å². The molecule has 2 heterocycles. The number of fused-ring (bicyclic) bond motifs is 1. The second-order valence-corrected chi connectivity index (χ2v) is 5.24. The Morgan fingerprint density at radius 3 is 2.75 bits per heavy atom. The SMILES string of the molecule is NC(N)=NCCCc1nc(NCc2ccccc2)nc2n[nH]nc12. The first-order chi connectivity index (χ1) is 11.7. The van der Waals surface area contributed by atoms with Crippen LogP contribution >= 0.6 is 0 Å². The van der Waals surface area contributed by atoms with Crippen molar-refractivity contribution in [1.82, 2.24) is 25.4 Å². The Kier molecular flexibility index (Phi) is 4.80. The van der Waals surface area contributed by atoms with Gasteiger partial charge in [0.1, 0.15) is 0 Å². The zero-order valence-corrected chi connectivity index (χ0v) is 13.1. The van der Waals surface area contributed by atoms with Gasteiger partial charge in [0.25, 0.3) is 0 Å². The molecule has 0 radical (unpaired) electrons. The van der Waals surface area contributed by atoms with Crippen molar-refractivity contribution >= 4 is 23.1 Å². The number of H-pyrrole nitrogens is 1. The van der Waals surface area contributed by atoms with Crippen molar-refractivity contribution in [2.24, 2.45) is 16.5 Å².